The molecule has 176 valence electrons. The van der Waals surface area contributed by atoms with Crippen molar-refractivity contribution in [3.63, 3.8) is 0 Å². The van der Waals surface area contributed by atoms with Crippen LogP contribution in [-0.4, -0.2) is 33.4 Å². The predicted octanol–water partition coefficient (Wildman–Crippen LogP) is 4.26. The van der Waals surface area contributed by atoms with E-state index in [-0.39, 0.29) is 18.0 Å². The number of thiol groups is 1. The number of halogens is 1. The van der Waals surface area contributed by atoms with Crippen LogP contribution in [-0.2, 0) is 17.8 Å². The Bertz CT molecular complexity index is 1240. The van der Waals surface area contributed by atoms with Gasteiger partial charge in [-0.15, -0.1) is 12.6 Å². The largest absolute Gasteiger partial charge is 0.325 e. The number of para-hydroxylation sites is 1. The van der Waals surface area contributed by atoms with Crippen LogP contribution in [0.1, 0.15) is 53.2 Å². The number of carbonyl (C=O) groups excluding carboxylic acids is 1. The lowest BCUT2D eigenvalue weighted by Crippen LogP contribution is -2.46. The summed E-state index contributed by atoms with van der Waals surface area (Å²) in [5, 5.41) is 3.24. The highest BCUT2D eigenvalue weighted by molar-refractivity contribution is 7.80. The topological polar surface area (TPSA) is 67.2 Å². The summed E-state index contributed by atoms with van der Waals surface area (Å²) >= 11 is 10.7. The predicted molar refractivity (Wildman–Crippen MR) is 137 cm³/mol. The van der Waals surface area contributed by atoms with Gasteiger partial charge in [0.25, 0.3) is 5.56 Å². The molecule has 1 N–H and O–H groups in total. The molecular formula is C26H27ClN4O2S. The van der Waals surface area contributed by atoms with Gasteiger partial charge in [0.1, 0.15) is 11.2 Å². The minimum Gasteiger partial charge on any atom is -0.325 e. The summed E-state index contributed by atoms with van der Waals surface area (Å²) in [5.74, 6) is 1.05. The summed E-state index contributed by atoms with van der Waals surface area (Å²) in [7, 11) is 0. The molecule has 1 unspecified atom stereocenters. The van der Waals surface area contributed by atoms with E-state index in [4.69, 9.17) is 29.2 Å². The third-order valence-electron chi connectivity index (χ3n) is 6.69. The Labute approximate surface area is 209 Å². The Morgan fingerprint density at radius 2 is 1.85 bits per heavy atom. The maximum atomic E-state index is 13.8. The molecule has 1 aliphatic heterocycles. The van der Waals surface area contributed by atoms with Crippen molar-refractivity contribution in [1.82, 2.24) is 19.8 Å². The van der Waals surface area contributed by atoms with Crippen molar-refractivity contribution in [1.29, 1.82) is 0 Å². The molecule has 1 atom stereocenters. The standard InChI is InChI=1S/C26H27ClN4O2S/c27-19-11-9-17(10-12-19)15-28-16-22(32)30-14-13-21-23(26(30)34)25(33)31(20-7-2-1-3-8-20)24(29-21)18-5-4-6-18/h1-3,7-12,18,26,28,34H,4-6,13-16H2. The lowest BCUT2D eigenvalue weighted by Gasteiger charge is -2.35. The number of hydrogen-bond donors (Lipinski definition) is 2. The molecule has 2 aromatic carbocycles. The van der Waals surface area contributed by atoms with Gasteiger partial charge in [0, 0.05) is 30.5 Å². The first-order valence-electron chi connectivity index (χ1n) is 11.7. The summed E-state index contributed by atoms with van der Waals surface area (Å²) < 4.78 is 1.73. The van der Waals surface area contributed by atoms with E-state index in [1.807, 2.05) is 54.6 Å². The molecule has 1 amide bonds. The summed E-state index contributed by atoms with van der Waals surface area (Å²) in [4.78, 5) is 33.5. The minimum atomic E-state index is -0.626. The van der Waals surface area contributed by atoms with Gasteiger partial charge in [0.2, 0.25) is 5.91 Å². The fraction of sp³-hybridized carbons (Fsp3) is 0.346. The second-order valence-corrected chi connectivity index (χ2v) is 9.80. The SMILES string of the molecule is O=C(CNCc1ccc(Cl)cc1)N1CCc2nc(C3CCC3)n(-c3ccccc3)c(=O)c2C1S. The molecule has 1 aromatic heterocycles. The molecule has 5 rings (SSSR count). The van der Waals surface area contributed by atoms with Gasteiger partial charge < -0.3 is 10.2 Å². The van der Waals surface area contributed by atoms with Crippen molar-refractivity contribution >= 4 is 30.1 Å². The van der Waals surface area contributed by atoms with E-state index in [9.17, 15) is 9.59 Å². The minimum absolute atomic E-state index is 0.0895. The molecule has 0 radical (unpaired) electrons. The lowest BCUT2D eigenvalue weighted by atomic mass is 9.84. The van der Waals surface area contributed by atoms with Crippen LogP contribution < -0.4 is 10.9 Å². The van der Waals surface area contributed by atoms with Gasteiger partial charge >= 0.3 is 0 Å². The van der Waals surface area contributed by atoms with Gasteiger partial charge in [-0.25, -0.2) is 4.98 Å². The average Bonchev–Trinajstić information content (AvgIpc) is 2.80. The first kappa shape index (κ1) is 23.1. The second-order valence-electron chi connectivity index (χ2n) is 8.88. The van der Waals surface area contributed by atoms with Crippen LogP contribution in [0.3, 0.4) is 0 Å². The van der Waals surface area contributed by atoms with Gasteiger partial charge in [-0.05, 0) is 42.7 Å². The van der Waals surface area contributed by atoms with Crippen molar-refractivity contribution in [2.75, 3.05) is 13.1 Å². The molecule has 0 bridgehead atoms. The van der Waals surface area contributed by atoms with Crippen molar-refractivity contribution < 1.29 is 4.79 Å². The maximum absolute atomic E-state index is 13.8. The average molecular weight is 495 g/mol. The number of carbonyl (C=O) groups is 1. The zero-order chi connectivity index (χ0) is 23.7. The molecular weight excluding hydrogens is 468 g/mol. The second kappa shape index (κ2) is 9.94. The Morgan fingerprint density at radius 1 is 1.12 bits per heavy atom. The number of aromatic nitrogens is 2. The first-order valence-corrected chi connectivity index (χ1v) is 12.6. The molecule has 2 aliphatic rings. The molecule has 1 aliphatic carbocycles. The van der Waals surface area contributed by atoms with E-state index in [2.05, 4.69) is 5.32 Å². The molecule has 6 nitrogen and oxygen atoms in total. The van der Waals surface area contributed by atoms with E-state index in [0.29, 0.717) is 36.0 Å². The van der Waals surface area contributed by atoms with Gasteiger partial charge in [-0.2, -0.15) is 0 Å². The Balaban J connectivity index is 1.39. The number of rotatable bonds is 6. The van der Waals surface area contributed by atoms with Crippen LogP contribution in [0.2, 0.25) is 5.02 Å². The Hall–Kier alpha value is -2.61. The maximum Gasteiger partial charge on any atom is 0.264 e. The molecule has 1 saturated carbocycles. The van der Waals surface area contributed by atoms with Crippen LogP contribution in [0.4, 0.5) is 0 Å². The van der Waals surface area contributed by atoms with Crippen LogP contribution in [0.15, 0.2) is 59.4 Å². The highest BCUT2D eigenvalue weighted by Crippen LogP contribution is 2.37. The number of nitrogens with one attached hydrogen (secondary N) is 1. The lowest BCUT2D eigenvalue weighted by molar-refractivity contribution is -0.131. The number of nitrogens with zero attached hydrogens (tertiary/aromatic N) is 3. The van der Waals surface area contributed by atoms with Gasteiger partial charge in [0.15, 0.2) is 0 Å². The van der Waals surface area contributed by atoms with E-state index < -0.39 is 5.37 Å². The highest BCUT2D eigenvalue weighted by Gasteiger charge is 2.35. The number of benzene rings is 2. The molecule has 3 aromatic rings. The van der Waals surface area contributed by atoms with Crippen LogP contribution in [0, 0.1) is 0 Å². The number of amides is 1. The molecule has 34 heavy (non-hydrogen) atoms. The van der Waals surface area contributed by atoms with Gasteiger partial charge in [-0.1, -0.05) is 48.4 Å². The third-order valence-corrected chi connectivity index (χ3v) is 7.48. The van der Waals surface area contributed by atoms with Gasteiger partial charge in [-0.3, -0.25) is 14.2 Å². The van der Waals surface area contributed by atoms with Crippen LogP contribution >= 0.6 is 24.2 Å². The van der Waals surface area contributed by atoms with Crippen molar-refractivity contribution in [2.24, 2.45) is 0 Å². The van der Waals surface area contributed by atoms with Crippen molar-refractivity contribution in [2.45, 2.75) is 43.5 Å². The number of fused-ring (bicyclic) bond motifs is 1. The Kier molecular flexibility index (Phi) is 6.77. The first-order chi connectivity index (χ1) is 16.5. The van der Waals surface area contributed by atoms with E-state index in [1.54, 1.807) is 9.47 Å². The summed E-state index contributed by atoms with van der Waals surface area (Å²) in [5.41, 5.74) is 3.01. The third kappa shape index (κ3) is 4.52. The van der Waals surface area contributed by atoms with Crippen molar-refractivity contribution in [3.05, 3.63) is 92.6 Å². The molecule has 2 heterocycles. The highest BCUT2D eigenvalue weighted by atomic mass is 35.5. The summed E-state index contributed by atoms with van der Waals surface area (Å²) in [6.07, 6.45) is 3.81. The quantitative estimate of drug-likeness (QED) is 0.502. The monoisotopic (exact) mass is 494 g/mol. The smallest absolute Gasteiger partial charge is 0.264 e. The fourth-order valence-corrected chi connectivity index (χ4v) is 5.23. The zero-order valence-electron chi connectivity index (χ0n) is 18.8. The summed E-state index contributed by atoms with van der Waals surface area (Å²) in [6.45, 7) is 1.21. The molecule has 1 fully saturated rings. The van der Waals surface area contributed by atoms with E-state index >= 15 is 0 Å². The number of hydrogen-bond acceptors (Lipinski definition) is 5. The van der Waals surface area contributed by atoms with Crippen LogP contribution in [0.5, 0.6) is 0 Å². The Morgan fingerprint density at radius 3 is 2.53 bits per heavy atom. The van der Waals surface area contributed by atoms with E-state index in [0.717, 1.165) is 42.0 Å². The van der Waals surface area contributed by atoms with Crippen LogP contribution in [0.25, 0.3) is 5.69 Å². The van der Waals surface area contributed by atoms with Gasteiger partial charge in [0.05, 0.1) is 23.5 Å². The summed E-state index contributed by atoms with van der Waals surface area (Å²) in [6, 6.07) is 17.1. The van der Waals surface area contributed by atoms with E-state index in [1.165, 1.54) is 0 Å². The molecule has 0 saturated heterocycles. The normalized spacial score (nSPS) is 17.8. The zero-order valence-corrected chi connectivity index (χ0v) is 20.4. The molecule has 8 heteroatoms. The van der Waals surface area contributed by atoms with Crippen molar-refractivity contribution in [3.8, 4) is 5.69 Å². The fourth-order valence-electron chi connectivity index (χ4n) is 4.60. The molecule has 0 spiro atoms.